The van der Waals surface area contributed by atoms with E-state index in [1.807, 2.05) is 0 Å². The first-order valence-electron chi connectivity index (χ1n) is 3.64. The lowest BCUT2D eigenvalue weighted by molar-refractivity contribution is 0.0553. The van der Waals surface area contributed by atoms with Crippen LogP contribution in [0.5, 0.6) is 0 Å². The van der Waals surface area contributed by atoms with Crippen molar-refractivity contribution < 1.29 is 22.4 Å². The van der Waals surface area contributed by atoms with Crippen molar-refractivity contribution in [1.29, 1.82) is 0 Å². The van der Waals surface area contributed by atoms with Crippen LogP contribution in [0.4, 0.5) is 8.78 Å². The Morgan fingerprint density at radius 2 is 1.58 bits per heavy atom. The van der Waals surface area contributed by atoms with Crippen LogP contribution in [0.3, 0.4) is 0 Å². The summed E-state index contributed by atoms with van der Waals surface area (Å²) in [6, 6.07) is 0. The Morgan fingerprint density at radius 1 is 1.25 bits per heavy atom. The van der Waals surface area contributed by atoms with E-state index in [1.165, 1.54) is 13.8 Å². The summed E-state index contributed by atoms with van der Waals surface area (Å²) in [7, 11) is -4.24. The largest absolute Gasteiger partial charge is 0.399 e. The minimum absolute atomic E-state index is 0.0549. The first-order chi connectivity index (χ1) is 5.37. The third-order valence-corrected chi connectivity index (χ3v) is 3.24. The maximum atomic E-state index is 12.6. The average molecular weight is 202 g/mol. The highest BCUT2D eigenvalue weighted by Crippen LogP contribution is 2.61. The van der Waals surface area contributed by atoms with Crippen molar-refractivity contribution in [2.75, 3.05) is 13.2 Å². The zero-order valence-corrected chi connectivity index (χ0v) is 8.24. The van der Waals surface area contributed by atoms with E-state index in [-0.39, 0.29) is 13.2 Å². The molecule has 0 heterocycles. The second-order valence-electron chi connectivity index (χ2n) is 2.18. The van der Waals surface area contributed by atoms with Gasteiger partial charge in [0.15, 0.2) is 0 Å². The second kappa shape index (κ2) is 4.30. The van der Waals surface area contributed by atoms with Gasteiger partial charge in [-0.3, -0.25) is 4.57 Å². The Bertz CT molecular complexity index is 168. The molecule has 0 N–H and O–H groups in total. The molecule has 0 spiro atoms. The van der Waals surface area contributed by atoms with Crippen molar-refractivity contribution in [3.05, 3.63) is 0 Å². The summed E-state index contributed by atoms with van der Waals surface area (Å²) >= 11 is 0. The number of hydrogen-bond acceptors (Lipinski definition) is 3. The van der Waals surface area contributed by atoms with Crippen LogP contribution in [0.15, 0.2) is 0 Å². The molecule has 0 aromatic carbocycles. The van der Waals surface area contributed by atoms with E-state index in [1.54, 1.807) is 0 Å². The predicted octanol–water partition coefficient (Wildman–Crippen LogP) is 2.87. The maximum Gasteiger partial charge on any atom is 0.399 e. The van der Waals surface area contributed by atoms with Gasteiger partial charge in [-0.1, -0.05) is 0 Å². The Labute approximate surface area is 70.6 Å². The van der Waals surface area contributed by atoms with Crippen molar-refractivity contribution in [1.82, 2.24) is 0 Å². The van der Waals surface area contributed by atoms with Gasteiger partial charge < -0.3 is 9.05 Å². The van der Waals surface area contributed by atoms with E-state index in [0.29, 0.717) is 6.92 Å². The molecule has 0 unspecified atom stereocenters. The fraction of sp³-hybridized carbons (Fsp3) is 1.00. The monoisotopic (exact) mass is 202 g/mol. The topological polar surface area (TPSA) is 35.5 Å². The maximum absolute atomic E-state index is 12.6. The highest BCUT2D eigenvalue weighted by molar-refractivity contribution is 7.55. The Morgan fingerprint density at radius 3 is 1.75 bits per heavy atom. The summed E-state index contributed by atoms with van der Waals surface area (Å²) in [4.78, 5) is 0. The lowest BCUT2D eigenvalue weighted by Crippen LogP contribution is -2.15. The second-order valence-corrected chi connectivity index (χ2v) is 4.47. The number of halogens is 2. The molecule has 0 radical (unpaired) electrons. The van der Waals surface area contributed by atoms with E-state index < -0.39 is 13.3 Å². The van der Waals surface area contributed by atoms with Gasteiger partial charge in [-0.25, -0.2) is 0 Å². The minimum atomic E-state index is -4.24. The van der Waals surface area contributed by atoms with Gasteiger partial charge in [-0.15, -0.1) is 0 Å². The highest BCUT2D eigenvalue weighted by Gasteiger charge is 2.48. The summed E-state index contributed by atoms with van der Waals surface area (Å²) in [5.41, 5.74) is -3.43. The molecular formula is C6H13F2O3P. The smallest absolute Gasteiger partial charge is 0.305 e. The third kappa shape index (κ3) is 2.81. The molecule has 12 heavy (non-hydrogen) atoms. The zero-order valence-electron chi connectivity index (χ0n) is 7.34. The van der Waals surface area contributed by atoms with E-state index in [2.05, 4.69) is 9.05 Å². The summed E-state index contributed by atoms with van der Waals surface area (Å²) in [5, 5.41) is 0. The van der Waals surface area contributed by atoms with Gasteiger partial charge in [0.05, 0.1) is 13.2 Å². The quantitative estimate of drug-likeness (QED) is 0.643. The summed E-state index contributed by atoms with van der Waals surface area (Å²) < 4.78 is 45.3. The molecule has 0 aliphatic heterocycles. The molecule has 0 saturated carbocycles. The summed E-state index contributed by atoms with van der Waals surface area (Å²) in [6.45, 7) is 3.38. The van der Waals surface area contributed by atoms with Crippen molar-refractivity contribution in [3.63, 3.8) is 0 Å². The van der Waals surface area contributed by atoms with E-state index in [4.69, 9.17) is 0 Å². The van der Waals surface area contributed by atoms with E-state index in [9.17, 15) is 13.3 Å². The summed E-state index contributed by atoms with van der Waals surface area (Å²) in [5.74, 6) is 0. The molecule has 0 atom stereocenters. The molecule has 0 aliphatic carbocycles. The molecule has 0 aliphatic rings. The number of hydrogen-bond donors (Lipinski definition) is 0. The van der Waals surface area contributed by atoms with Gasteiger partial charge in [0.25, 0.3) is 0 Å². The predicted molar refractivity (Wildman–Crippen MR) is 41.5 cm³/mol. The standard InChI is InChI=1S/C6H13F2O3P/c1-4-10-12(9,11-5-2)6(3,7)8/h4-5H2,1-3H3. The van der Waals surface area contributed by atoms with Crippen LogP contribution in [0, 0.1) is 0 Å². The molecule has 0 aromatic heterocycles. The van der Waals surface area contributed by atoms with Crippen LogP contribution < -0.4 is 0 Å². The van der Waals surface area contributed by atoms with Crippen LogP contribution in [0.2, 0.25) is 0 Å². The number of rotatable bonds is 5. The first kappa shape index (κ1) is 12.0. The van der Waals surface area contributed by atoms with Gasteiger partial charge >= 0.3 is 13.3 Å². The molecule has 0 rings (SSSR count). The normalized spacial score (nSPS) is 13.4. The highest BCUT2D eigenvalue weighted by atomic mass is 31.2. The molecule has 0 amide bonds. The Hall–Kier alpha value is 0.01000. The fourth-order valence-electron chi connectivity index (χ4n) is 0.604. The van der Waals surface area contributed by atoms with Gasteiger partial charge in [-0.05, 0) is 13.8 Å². The van der Waals surface area contributed by atoms with Crippen LogP contribution in [-0.2, 0) is 13.6 Å². The van der Waals surface area contributed by atoms with Crippen molar-refractivity contribution >= 4 is 7.60 Å². The van der Waals surface area contributed by atoms with Crippen LogP contribution >= 0.6 is 7.60 Å². The fourth-order valence-corrected chi connectivity index (χ4v) is 1.81. The molecule has 0 bridgehead atoms. The van der Waals surface area contributed by atoms with Gasteiger partial charge in [0, 0.05) is 6.92 Å². The van der Waals surface area contributed by atoms with E-state index in [0.717, 1.165) is 0 Å². The Balaban J connectivity index is 4.51. The minimum Gasteiger partial charge on any atom is -0.305 e. The molecule has 3 nitrogen and oxygen atoms in total. The van der Waals surface area contributed by atoms with Gasteiger partial charge in [0.2, 0.25) is 0 Å². The lowest BCUT2D eigenvalue weighted by Gasteiger charge is -2.22. The molecular weight excluding hydrogens is 189 g/mol. The van der Waals surface area contributed by atoms with Gasteiger partial charge in [0.1, 0.15) is 0 Å². The molecule has 0 saturated heterocycles. The zero-order chi connectivity index (χ0) is 9.83. The molecule has 0 aromatic rings. The third-order valence-electron chi connectivity index (χ3n) is 1.08. The lowest BCUT2D eigenvalue weighted by atomic mass is 10.9. The SMILES string of the molecule is CCOP(=O)(OCC)C(C)(F)F. The van der Waals surface area contributed by atoms with E-state index >= 15 is 0 Å². The molecule has 74 valence electrons. The average Bonchev–Trinajstić information content (AvgIpc) is 1.86. The van der Waals surface area contributed by atoms with Gasteiger partial charge in [-0.2, -0.15) is 8.78 Å². The van der Waals surface area contributed by atoms with Crippen LogP contribution in [-0.4, -0.2) is 18.9 Å². The van der Waals surface area contributed by atoms with Crippen LogP contribution in [0.1, 0.15) is 20.8 Å². The van der Waals surface area contributed by atoms with Crippen molar-refractivity contribution in [2.24, 2.45) is 0 Å². The Kier molecular flexibility index (Phi) is 4.31. The first-order valence-corrected chi connectivity index (χ1v) is 5.18. The van der Waals surface area contributed by atoms with Crippen LogP contribution in [0.25, 0.3) is 0 Å². The summed E-state index contributed by atoms with van der Waals surface area (Å²) in [6.07, 6.45) is 0. The molecule has 0 fully saturated rings. The van der Waals surface area contributed by atoms with Crippen molar-refractivity contribution in [3.8, 4) is 0 Å². The van der Waals surface area contributed by atoms with Crippen molar-refractivity contribution in [2.45, 2.75) is 26.4 Å². The molecule has 6 heteroatoms. The number of alkyl halides is 2.